The number of hydrogen-bond acceptors (Lipinski definition) is 2. The lowest BCUT2D eigenvalue weighted by atomic mass is 10.00. The van der Waals surface area contributed by atoms with E-state index in [2.05, 4.69) is 47.4 Å². The molecule has 1 aromatic carbocycles. The van der Waals surface area contributed by atoms with Crippen molar-refractivity contribution in [3.63, 3.8) is 0 Å². The maximum Gasteiger partial charge on any atom is 0.226 e. The van der Waals surface area contributed by atoms with Gasteiger partial charge in [0.25, 0.3) is 0 Å². The summed E-state index contributed by atoms with van der Waals surface area (Å²) in [6.07, 6.45) is 8.34. The number of imidazole rings is 1. The van der Waals surface area contributed by atoms with Crippen LogP contribution in [0.5, 0.6) is 0 Å². The third-order valence-electron chi connectivity index (χ3n) is 5.48. The fraction of sp³-hybridized carbons (Fsp3) is 0.524. The Hall–Kier alpha value is -2.10. The average molecular weight is 337 g/mol. The van der Waals surface area contributed by atoms with Crippen molar-refractivity contribution in [1.29, 1.82) is 0 Å². The van der Waals surface area contributed by atoms with E-state index in [-0.39, 0.29) is 5.92 Å². The number of nitrogens with zero attached hydrogens (tertiary/aromatic N) is 3. The summed E-state index contributed by atoms with van der Waals surface area (Å²) in [5, 5.41) is 0. The molecular weight excluding hydrogens is 310 g/mol. The molecule has 1 amide bonds. The van der Waals surface area contributed by atoms with E-state index in [9.17, 15) is 4.79 Å². The van der Waals surface area contributed by atoms with Gasteiger partial charge >= 0.3 is 0 Å². The van der Waals surface area contributed by atoms with Gasteiger partial charge in [-0.15, -0.1) is 0 Å². The first-order valence-electron chi connectivity index (χ1n) is 9.40. The minimum Gasteiger partial charge on any atom is -0.332 e. The van der Waals surface area contributed by atoms with Gasteiger partial charge in [0.1, 0.15) is 5.82 Å². The lowest BCUT2D eigenvalue weighted by molar-refractivity contribution is -0.133. The van der Waals surface area contributed by atoms with Gasteiger partial charge in [-0.25, -0.2) is 4.98 Å². The summed E-state index contributed by atoms with van der Waals surface area (Å²) in [5.74, 6) is 1.63. The zero-order valence-corrected chi connectivity index (χ0v) is 15.5. The molecule has 132 valence electrons. The largest absolute Gasteiger partial charge is 0.332 e. The zero-order valence-electron chi connectivity index (χ0n) is 15.5. The van der Waals surface area contributed by atoms with E-state index < -0.39 is 0 Å². The molecule has 0 spiro atoms. The van der Waals surface area contributed by atoms with Crippen LogP contribution in [0.4, 0.5) is 0 Å². The highest BCUT2D eigenvalue weighted by atomic mass is 16.2. The second kappa shape index (κ2) is 6.32. The number of hydrogen-bond donors (Lipinski definition) is 0. The van der Waals surface area contributed by atoms with Crippen molar-refractivity contribution in [1.82, 2.24) is 14.5 Å². The molecule has 0 unspecified atom stereocenters. The molecule has 0 saturated heterocycles. The number of carbonyl (C=O) groups excluding carboxylic acids is 1. The third kappa shape index (κ3) is 3.48. The topological polar surface area (TPSA) is 38.1 Å². The lowest BCUT2D eigenvalue weighted by Gasteiger charge is -2.23. The van der Waals surface area contributed by atoms with Crippen LogP contribution in [0.15, 0.2) is 24.5 Å². The summed E-state index contributed by atoms with van der Waals surface area (Å²) < 4.78 is 2.21. The van der Waals surface area contributed by atoms with Gasteiger partial charge in [-0.3, -0.25) is 4.79 Å². The molecule has 0 N–H and O–H groups in total. The summed E-state index contributed by atoms with van der Waals surface area (Å²) in [7, 11) is 0. The van der Waals surface area contributed by atoms with E-state index in [0.717, 1.165) is 38.1 Å². The number of aromatic nitrogens is 2. The average Bonchev–Trinajstić information content (AvgIpc) is 3.46. The second-order valence-electron chi connectivity index (χ2n) is 7.82. The van der Waals surface area contributed by atoms with Gasteiger partial charge in [-0.1, -0.05) is 17.7 Å². The van der Waals surface area contributed by atoms with E-state index in [4.69, 9.17) is 0 Å². The van der Waals surface area contributed by atoms with Crippen molar-refractivity contribution in [2.24, 2.45) is 5.92 Å². The van der Waals surface area contributed by atoms with Crippen molar-refractivity contribution >= 4 is 5.91 Å². The Labute approximate surface area is 149 Å². The van der Waals surface area contributed by atoms with Gasteiger partial charge in [0, 0.05) is 30.9 Å². The molecule has 2 saturated carbocycles. The van der Waals surface area contributed by atoms with Crippen molar-refractivity contribution in [2.45, 2.75) is 65.6 Å². The van der Waals surface area contributed by atoms with Crippen molar-refractivity contribution in [2.75, 3.05) is 0 Å². The van der Waals surface area contributed by atoms with E-state index in [1.807, 2.05) is 12.4 Å². The van der Waals surface area contributed by atoms with Crippen molar-refractivity contribution in [3.8, 4) is 0 Å². The standard InChI is InChI=1S/C21H27N3O/c1-14-10-15(2)19(16(3)11-14)12-23-9-8-22-20(23)13-24(18-6-7-18)21(25)17-4-5-17/h8-11,17-18H,4-7,12-13H2,1-3H3. The molecule has 0 aliphatic heterocycles. The molecule has 0 bridgehead atoms. The predicted molar refractivity (Wildman–Crippen MR) is 98.3 cm³/mol. The zero-order chi connectivity index (χ0) is 17.6. The van der Waals surface area contributed by atoms with Gasteiger partial charge in [-0.2, -0.15) is 0 Å². The number of benzene rings is 1. The van der Waals surface area contributed by atoms with Crippen LogP contribution < -0.4 is 0 Å². The van der Waals surface area contributed by atoms with Crippen molar-refractivity contribution < 1.29 is 4.79 Å². The van der Waals surface area contributed by atoms with E-state index in [0.29, 0.717) is 18.5 Å². The quantitative estimate of drug-likeness (QED) is 0.805. The van der Waals surface area contributed by atoms with Crippen LogP contribution in [-0.4, -0.2) is 26.4 Å². The van der Waals surface area contributed by atoms with Gasteiger partial charge in [-0.05, 0) is 63.1 Å². The molecule has 0 atom stereocenters. The predicted octanol–water partition coefficient (Wildman–Crippen LogP) is 3.76. The Kier molecular flexibility index (Phi) is 4.14. The minimum atomic E-state index is 0.283. The highest BCUT2D eigenvalue weighted by Crippen LogP contribution is 2.36. The Morgan fingerprint density at radius 1 is 1.16 bits per heavy atom. The molecule has 2 aliphatic rings. The Morgan fingerprint density at radius 2 is 1.84 bits per heavy atom. The molecule has 1 heterocycles. The first kappa shape index (κ1) is 16.4. The number of aryl methyl sites for hydroxylation is 3. The number of carbonyl (C=O) groups is 1. The van der Waals surface area contributed by atoms with Gasteiger partial charge < -0.3 is 9.47 Å². The van der Waals surface area contributed by atoms with E-state index in [1.165, 1.54) is 22.3 Å². The monoisotopic (exact) mass is 337 g/mol. The van der Waals surface area contributed by atoms with Crippen molar-refractivity contribution in [3.05, 3.63) is 52.6 Å². The molecule has 2 aromatic rings. The molecule has 0 radical (unpaired) electrons. The van der Waals surface area contributed by atoms with Crippen LogP contribution in [0.1, 0.15) is 53.8 Å². The van der Waals surface area contributed by atoms with Crippen LogP contribution >= 0.6 is 0 Å². The Balaban J connectivity index is 1.55. The molecule has 4 nitrogen and oxygen atoms in total. The van der Waals surface area contributed by atoms with Gasteiger partial charge in [0.15, 0.2) is 0 Å². The van der Waals surface area contributed by atoms with Crippen LogP contribution in [-0.2, 0) is 17.9 Å². The SMILES string of the molecule is Cc1cc(C)c(Cn2ccnc2CN(C(=O)C2CC2)C2CC2)c(C)c1. The fourth-order valence-electron chi connectivity index (χ4n) is 3.76. The highest BCUT2D eigenvalue weighted by molar-refractivity contribution is 5.81. The minimum absolute atomic E-state index is 0.283. The molecule has 4 rings (SSSR count). The maximum absolute atomic E-state index is 12.6. The summed E-state index contributed by atoms with van der Waals surface area (Å²) in [6, 6.07) is 4.93. The van der Waals surface area contributed by atoms with Crippen LogP contribution in [0.25, 0.3) is 0 Å². The van der Waals surface area contributed by atoms with Crippen LogP contribution in [0.2, 0.25) is 0 Å². The first-order valence-corrected chi connectivity index (χ1v) is 9.40. The van der Waals surface area contributed by atoms with Crippen LogP contribution in [0, 0.1) is 26.7 Å². The smallest absolute Gasteiger partial charge is 0.226 e. The molecule has 2 aliphatic carbocycles. The second-order valence-corrected chi connectivity index (χ2v) is 7.82. The molecule has 4 heteroatoms. The summed E-state index contributed by atoms with van der Waals surface area (Å²) in [4.78, 5) is 19.3. The number of amides is 1. The normalized spacial score (nSPS) is 16.9. The fourth-order valence-corrected chi connectivity index (χ4v) is 3.76. The van der Waals surface area contributed by atoms with E-state index >= 15 is 0 Å². The third-order valence-corrected chi connectivity index (χ3v) is 5.48. The van der Waals surface area contributed by atoms with E-state index in [1.54, 1.807) is 0 Å². The lowest BCUT2D eigenvalue weighted by Crippen LogP contribution is -2.34. The summed E-state index contributed by atoms with van der Waals surface area (Å²) >= 11 is 0. The molecular formula is C21H27N3O. The van der Waals surface area contributed by atoms with Gasteiger partial charge in [0.05, 0.1) is 6.54 Å². The number of rotatable bonds is 6. The Bertz CT molecular complexity index is 776. The summed E-state index contributed by atoms with van der Waals surface area (Å²) in [6.45, 7) is 7.97. The Morgan fingerprint density at radius 3 is 2.44 bits per heavy atom. The molecule has 25 heavy (non-hydrogen) atoms. The molecule has 1 aromatic heterocycles. The van der Waals surface area contributed by atoms with Crippen LogP contribution in [0.3, 0.4) is 0 Å². The first-order chi connectivity index (χ1) is 12.0. The maximum atomic E-state index is 12.6. The van der Waals surface area contributed by atoms with Gasteiger partial charge in [0.2, 0.25) is 5.91 Å². The molecule has 2 fully saturated rings. The highest BCUT2D eigenvalue weighted by Gasteiger charge is 2.40. The summed E-state index contributed by atoms with van der Waals surface area (Å²) in [5.41, 5.74) is 5.31.